The van der Waals surface area contributed by atoms with Gasteiger partial charge in [0.15, 0.2) is 5.60 Å². The van der Waals surface area contributed by atoms with Crippen LogP contribution in [0.3, 0.4) is 0 Å². The SMILES string of the molecule is CC(C)OC(=O)CCCC(=O)OC(C)(C)C#N. The maximum Gasteiger partial charge on any atom is 0.307 e. The molecule has 17 heavy (non-hydrogen) atoms. The molecule has 0 bridgehead atoms. The van der Waals surface area contributed by atoms with Gasteiger partial charge in [-0.1, -0.05) is 0 Å². The first kappa shape index (κ1) is 15.4. The Hall–Kier alpha value is -1.57. The lowest BCUT2D eigenvalue weighted by Gasteiger charge is -2.16. The predicted octanol–water partition coefficient (Wildman–Crippen LogP) is 1.95. The van der Waals surface area contributed by atoms with Gasteiger partial charge < -0.3 is 9.47 Å². The van der Waals surface area contributed by atoms with Crippen molar-refractivity contribution in [2.45, 2.75) is 58.7 Å². The maximum atomic E-state index is 11.3. The Morgan fingerprint density at radius 1 is 1.24 bits per heavy atom. The zero-order valence-corrected chi connectivity index (χ0v) is 10.8. The summed E-state index contributed by atoms with van der Waals surface area (Å²) in [6.45, 7) is 6.55. The molecule has 0 radical (unpaired) electrons. The van der Waals surface area contributed by atoms with Gasteiger partial charge in [-0.3, -0.25) is 9.59 Å². The van der Waals surface area contributed by atoms with Gasteiger partial charge in [-0.2, -0.15) is 5.26 Å². The van der Waals surface area contributed by atoms with E-state index in [1.165, 1.54) is 13.8 Å². The van der Waals surface area contributed by atoms with Gasteiger partial charge >= 0.3 is 11.9 Å². The minimum atomic E-state index is -1.12. The van der Waals surface area contributed by atoms with E-state index in [0.29, 0.717) is 6.42 Å². The van der Waals surface area contributed by atoms with Crippen LogP contribution in [0.4, 0.5) is 0 Å². The van der Waals surface area contributed by atoms with Crippen LogP contribution in [0, 0.1) is 11.3 Å². The van der Waals surface area contributed by atoms with E-state index in [4.69, 9.17) is 14.7 Å². The van der Waals surface area contributed by atoms with Crippen LogP contribution in [0.15, 0.2) is 0 Å². The Labute approximate surface area is 102 Å². The summed E-state index contributed by atoms with van der Waals surface area (Å²) in [4.78, 5) is 22.4. The summed E-state index contributed by atoms with van der Waals surface area (Å²) in [5.74, 6) is -0.804. The van der Waals surface area contributed by atoms with Crippen LogP contribution in [0.25, 0.3) is 0 Å². The van der Waals surface area contributed by atoms with E-state index in [1.807, 2.05) is 6.07 Å². The Morgan fingerprint density at radius 3 is 2.24 bits per heavy atom. The summed E-state index contributed by atoms with van der Waals surface area (Å²) in [5.41, 5.74) is -1.12. The highest BCUT2D eigenvalue weighted by molar-refractivity contribution is 5.73. The molecule has 0 rings (SSSR count). The zero-order valence-electron chi connectivity index (χ0n) is 10.8. The molecule has 0 N–H and O–H groups in total. The molecule has 0 heterocycles. The van der Waals surface area contributed by atoms with Crippen molar-refractivity contribution in [3.05, 3.63) is 0 Å². The summed E-state index contributed by atoms with van der Waals surface area (Å²) in [7, 11) is 0. The Balaban J connectivity index is 3.80. The lowest BCUT2D eigenvalue weighted by atomic mass is 10.1. The number of carbonyl (C=O) groups is 2. The van der Waals surface area contributed by atoms with Crippen LogP contribution in [0.2, 0.25) is 0 Å². The molecule has 0 aliphatic rings. The number of rotatable bonds is 6. The van der Waals surface area contributed by atoms with Crippen molar-refractivity contribution < 1.29 is 19.1 Å². The van der Waals surface area contributed by atoms with Crippen molar-refractivity contribution >= 4 is 11.9 Å². The fraction of sp³-hybridized carbons (Fsp3) is 0.750. The lowest BCUT2D eigenvalue weighted by Crippen LogP contribution is -2.25. The van der Waals surface area contributed by atoms with E-state index in [2.05, 4.69) is 0 Å². The molecule has 5 nitrogen and oxygen atoms in total. The van der Waals surface area contributed by atoms with Crippen LogP contribution in [-0.4, -0.2) is 23.6 Å². The second-order valence-corrected chi connectivity index (χ2v) is 4.49. The van der Waals surface area contributed by atoms with E-state index in [0.717, 1.165) is 0 Å². The molecule has 0 fully saturated rings. The fourth-order valence-corrected chi connectivity index (χ4v) is 1.06. The molecule has 0 unspecified atom stereocenters. The standard InChI is InChI=1S/C12H19NO4/c1-9(2)16-10(14)6-5-7-11(15)17-12(3,4)8-13/h9H,5-7H2,1-4H3. The quantitative estimate of drug-likeness (QED) is 0.664. The van der Waals surface area contributed by atoms with E-state index in [1.54, 1.807) is 13.8 Å². The van der Waals surface area contributed by atoms with Crippen LogP contribution < -0.4 is 0 Å². The number of nitriles is 1. The average Bonchev–Trinajstić information content (AvgIpc) is 2.15. The highest BCUT2D eigenvalue weighted by Crippen LogP contribution is 2.10. The summed E-state index contributed by atoms with van der Waals surface area (Å²) in [6.07, 6.45) is 0.511. The summed E-state index contributed by atoms with van der Waals surface area (Å²) in [6, 6.07) is 1.86. The Morgan fingerprint density at radius 2 is 1.76 bits per heavy atom. The third-order valence-corrected chi connectivity index (χ3v) is 1.77. The average molecular weight is 241 g/mol. The van der Waals surface area contributed by atoms with Crippen LogP contribution in [0.1, 0.15) is 47.0 Å². The summed E-state index contributed by atoms with van der Waals surface area (Å²) >= 11 is 0. The number of carbonyl (C=O) groups excluding carboxylic acids is 2. The zero-order chi connectivity index (χ0) is 13.5. The van der Waals surface area contributed by atoms with Crippen LogP contribution in [-0.2, 0) is 19.1 Å². The summed E-state index contributed by atoms with van der Waals surface area (Å²) in [5, 5.41) is 8.65. The van der Waals surface area contributed by atoms with Gasteiger partial charge in [-0.25, -0.2) is 0 Å². The van der Waals surface area contributed by atoms with Gasteiger partial charge in [0.25, 0.3) is 0 Å². The Kier molecular flexibility index (Phi) is 6.26. The molecular weight excluding hydrogens is 222 g/mol. The van der Waals surface area contributed by atoms with Gasteiger partial charge in [-0.15, -0.1) is 0 Å². The smallest absolute Gasteiger partial charge is 0.307 e. The fourth-order valence-electron chi connectivity index (χ4n) is 1.06. The number of hydrogen-bond acceptors (Lipinski definition) is 5. The molecule has 0 saturated carbocycles. The molecule has 0 aromatic carbocycles. The van der Waals surface area contributed by atoms with Gasteiger partial charge in [0.05, 0.1) is 6.10 Å². The first-order chi connectivity index (χ1) is 7.76. The minimum Gasteiger partial charge on any atom is -0.463 e. The molecule has 0 aromatic rings. The molecule has 0 spiro atoms. The number of esters is 2. The lowest BCUT2D eigenvalue weighted by molar-refractivity contribution is -0.152. The van der Waals surface area contributed by atoms with Crippen molar-refractivity contribution in [1.82, 2.24) is 0 Å². The predicted molar refractivity (Wildman–Crippen MR) is 60.9 cm³/mol. The first-order valence-corrected chi connectivity index (χ1v) is 5.59. The van der Waals surface area contributed by atoms with Crippen molar-refractivity contribution in [1.29, 1.82) is 5.26 Å². The minimum absolute atomic E-state index is 0.109. The van der Waals surface area contributed by atoms with Gasteiger partial charge in [0, 0.05) is 12.8 Å². The molecule has 0 aromatic heterocycles. The van der Waals surface area contributed by atoms with Gasteiger partial charge in [0.1, 0.15) is 6.07 Å². The maximum absolute atomic E-state index is 11.3. The third kappa shape index (κ3) is 8.26. The van der Waals surface area contributed by atoms with Crippen molar-refractivity contribution in [3.8, 4) is 6.07 Å². The molecule has 0 saturated heterocycles. The monoisotopic (exact) mass is 241 g/mol. The van der Waals surface area contributed by atoms with Gasteiger partial charge in [-0.05, 0) is 34.1 Å². The normalized spacial score (nSPS) is 10.8. The van der Waals surface area contributed by atoms with E-state index in [9.17, 15) is 9.59 Å². The third-order valence-electron chi connectivity index (χ3n) is 1.77. The van der Waals surface area contributed by atoms with E-state index >= 15 is 0 Å². The molecule has 0 aliphatic carbocycles. The second kappa shape index (κ2) is 6.89. The molecule has 0 atom stereocenters. The molecule has 0 aliphatic heterocycles. The molecular formula is C12H19NO4. The number of ether oxygens (including phenoxy) is 2. The van der Waals surface area contributed by atoms with Crippen molar-refractivity contribution in [2.24, 2.45) is 0 Å². The number of hydrogen-bond donors (Lipinski definition) is 0. The van der Waals surface area contributed by atoms with Gasteiger partial charge in [0.2, 0.25) is 0 Å². The topological polar surface area (TPSA) is 76.4 Å². The first-order valence-electron chi connectivity index (χ1n) is 5.59. The summed E-state index contributed by atoms with van der Waals surface area (Å²) < 4.78 is 9.81. The van der Waals surface area contributed by atoms with E-state index < -0.39 is 11.6 Å². The number of nitrogens with zero attached hydrogens (tertiary/aromatic N) is 1. The van der Waals surface area contributed by atoms with Crippen LogP contribution >= 0.6 is 0 Å². The van der Waals surface area contributed by atoms with Crippen molar-refractivity contribution in [2.75, 3.05) is 0 Å². The largest absolute Gasteiger partial charge is 0.463 e. The van der Waals surface area contributed by atoms with Crippen molar-refractivity contribution in [3.63, 3.8) is 0 Å². The highest BCUT2D eigenvalue weighted by atomic mass is 16.6. The molecule has 5 heteroatoms. The molecule has 0 amide bonds. The van der Waals surface area contributed by atoms with Crippen LogP contribution in [0.5, 0.6) is 0 Å². The van der Waals surface area contributed by atoms with E-state index in [-0.39, 0.29) is 24.9 Å². The highest BCUT2D eigenvalue weighted by Gasteiger charge is 2.21. The second-order valence-electron chi connectivity index (χ2n) is 4.49. The molecule has 96 valence electrons. The Bertz CT molecular complexity index is 315.